The summed E-state index contributed by atoms with van der Waals surface area (Å²) in [6.07, 6.45) is 0.545. The van der Waals surface area contributed by atoms with E-state index in [2.05, 4.69) is 5.32 Å². The van der Waals surface area contributed by atoms with E-state index in [1.807, 2.05) is 62.4 Å². The Balaban J connectivity index is 2.12. The summed E-state index contributed by atoms with van der Waals surface area (Å²) in [6, 6.07) is 14.7. The summed E-state index contributed by atoms with van der Waals surface area (Å²) in [6.45, 7) is 4.68. The Kier molecular flexibility index (Phi) is 10.0. The lowest BCUT2D eigenvalue weighted by Crippen LogP contribution is -2.49. The average Bonchev–Trinajstić information content (AvgIpc) is 2.75. The average molecular weight is 449 g/mol. The first-order chi connectivity index (χ1) is 14.5. The first-order valence-corrected chi connectivity index (χ1v) is 11.5. The van der Waals surface area contributed by atoms with Crippen LogP contribution in [0.25, 0.3) is 0 Å². The minimum absolute atomic E-state index is 0.0603. The van der Waals surface area contributed by atoms with E-state index >= 15 is 0 Å². The van der Waals surface area contributed by atoms with E-state index in [-0.39, 0.29) is 11.8 Å². The molecule has 0 unspecified atom stereocenters. The number of hydrogen-bond acceptors (Lipinski definition) is 4. The third kappa shape index (κ3) is 7.26. The van der Waals surface area contributed by atoms with Gasteiger partial charge in [-0.2, -0.15) is 0 Å². The summed E-state index contributed by atoms with van der Waals surface area (Å²) < 4.78 is 5.30. The molecule has 2 aromatic carbocycles. The Morgan fingerprint density at radius 2 is 1.87 bits per heavy atom. The molecule has 30 heavy (non-hydrogen) atoms. The van der Waals surface area contributed by atoms with Gasteiger partial charge in [0.1, 0.15) is 11.8 Å². The van der Waals surface area contributed by atoms with Crippen LogP contribution in [0.5, 0.6) is 5.75 Å². The highest BCUT2D eigenvalue weighted by Crippen LogP contribution is 2.20. The maximum Gasteiger partial charge on any atom is 0.242 e. The molecule has 0 saturated carbocycles. The van der Waals surface area contributed by atoms with Gasteiger partial charge in [0.25, 0.3) is 0 Å². The predicted octanol–water partition coefficient (Wildman–Crippen LogP) is 4.53. The molecule has 0 heterocycles. The molecule has 1 atom stereocenters. The highest BCUT2D eigenvalue weighted by atomic mass is 35.5. The van der Waals surface area contributed by atoms with E-state index < -0.39 is 6.04 Å². The van der Waals surface area contributed by atoms with Crippen molar-refractivity contribution >= 4 is 35.2 Å². The van der Waals surface area contributed by atoms with E-state index in [9.17, 15) is 9.59 Å². The summed E-state index contributed by atoms with van der Waals surface area (Å²) in [7, 11) is 1.61. The number of nitrogens with zero attached hydrogens (tertiary/aromatic N) is 1. The van der Waals surface area contributed by atoms with E-state index in [0.717, 1.165) is 16.9 Å². The molecular weight excluding hydrogens is 420 g/mol. The van der Waals surface area contributed by atoms with Gasteiger partial charge in [0.05, 0.1) is 12.9 Å². The zero-order chi connectivity index (χ0) is 21.9. The fourth-order valence-electron chi connectivity index (χ4n) is 3.10. The minimum Gasteiger partial charge on any atom is -0.497 e. The first-order valence-electron chi connectivity index (χ1n) is 10.0. The number of ether oxygens (including phenoxy) is 1. The Hall–Kier alpha value is -2.18. The van der Waals surface area contributed by atoms with Crippen LogP contribution in [0.4, 0.5) is 0 Å². The second kappa shape index (κ2) is 12.5. The second-order valence-electron chi connectivity index (χ2n) is 6.81. The fourth-order valence-corrected chi connectivity index (χ4v) is 4.10. The summed E-state index contributed by atoms with van der Waals surface area (Å²) in [5, 5.41) is 3.54. The van der Waals surface area contributed by atoms with Crippen LogP contribution in [-0.2, 0) is 21.9 Å². The van der Waals surface area contributed by atoms with Crippen LogP contribution < -0.4 is 10.1 Å². The lowest BCUT2D eigenvalue weighted by Gasteiger charge is -2.30. The monoisotopic (exact) mass is 448 g/mol. The number of methoxy groups -OCH3 is 1. The molecule has 1 N–H and O–H groups in total. The van der Waals surface area contributed by atoms with Gasteiger partial charge in [-0.1, -0.05) is 42.8 Å². The lowest BCUT2D eigenvalue weighted by atomic mass is 10.1. The Morgan fingerprint density at radius 1 is 1.13 bits per heavy atom. The fraction of sp³-hybridized carbons (Fsp3) is 0.391. The molecule has 7 heteroatoms. The van der Waals surface area contributed by atoms with Gasteiger partial charge >= 0.3 is 0 Å². The molecule has 0 fully saturated rings. The first kappa shape index (κ1) is 24.1. The van der Waals surface area contributed by atoms with Crippen LogP contribution >= 0.6 is 23.4 Å². The number of halogens is 1. The van der Waals surface area contributed by atoms with E-state index in [4.69, 9.17) is 16.3 Å². The molecule has 0 aliphatic carbocycles. The van der Waals surface area contributed by atoms with E-state index in [0.29, 0.717) is 36.0 Å². The Labute approximate surface area is 188 Å². The zero-order valence-corrected chi connectivity index (χ0v) is 19.3. The molecule has 0 aliphatic rings. The van der Waals surface area contributed by atoms with Crippen molar-refractivity contribution in [1.29, 1.82) is 0 Å². The largest absolute Gasteiger partial charge is 0.497 e. The van der Waals surface area contributed by atoms with Crippen molar-refractivity contribution in [2.45, 2.75) is 38.6 Å². The molecule has 0 radical (unpaired) electrons. The Morgan fingerprint density at radius 3 is 2.50 bits per heavy atom. The smallest absolute Gasteiger partial charge is 0.242 e. The van der Waals surface area contributed by atoms with Crippen molar-refractivity contribution in [3.05, 3.63) is 64.7 Å². The van der Waals surface area contributed by atoms with Crippen LogP contribution in [0.15, 0.2) is 48.5 Å². The molecule has 162 valence electrons. The third-order valence-corrected chi connectivity index (χ3v) is 5.87. The molecule has 0 aliphatic heterocycles. The normalized spacial score (nSPS) is 11.6. The minimum atomic E-state index is -0.514. The van der Waals surface area contributed by atoms with Gasteiger partial charge in [-0.3, -0.25) is 9.59 Å². The standard InChI is InChI=1S/C23H29ClN2O3S/c1-4-21(23(28)25-5-2)26(14-18-7-6-8-20(13-18)29-3)22(27)16-30-15-17-9-11-19(24)12-10-17/h6-13,21H,4-5,14-16H2,1-3H3,(H,25,28)/t21-/m1/s1. The molecule has 2 amide bonds. The van der Waals surface area contributed by atoms with Crippen LogP contribution in [0.1, 0.15) is 31.4 Å². The van der Waals surface area contributed by atoms with Crippen molar-refractivity contribution in [1.82, 2.24) is 10.2 Å². The predicted molar refractivity (Wildman–Crippen MR) is 124 cm³/mol. The van der Waals surface area contributed by atoms with Gasteiger partial charge in [0.2, 0.25) is 11.8 Å². The lowest BCUT2D eigenvalue weighted by molar-refractivity contribution is -0.139. The van der Waals surface area contributed by atoms with Gasteiger partial charge in [-0.25, -0.2) is 0 Å². The highest BCUT2D eigenvalue weighted by Gasteiger charge is 2.28. The van der Waals surface area contributed by atoms with E-state index in [1.54, 1.807) is 12.0 Å². The van der Waals surface area contributed by atoms with Crippen molar-refractivity contribution in [3.63, 3.8) is 0 Å². The van der Waals surface area contributed by atoms with Gasteiger partial charge in [-0.15, -0.1) is 11.8 Å². The molecule has 0 saturated heterocycles. The summed E-state index contributed by atoms with van der Waals surface area (Å²) in [5.74, 6) is 1.54. The molecule has 5 nitrogen and oxygen atoms in total. The van der Waals surface area contributed by atoms with Crippen LogP contribution in [-0.4, -0.2) is 42.2 Å². The number of carbonyl (C=O) groups excluding carboxylic acids is 2. The second-order valence-corrected chi connectivity index (χ2v) is 8.23. The van der Waals surface area contributed by atoms with Gasteiger partial charge in [0.15, 0.2) is 0 Å². The number of thioether (sulfide) groups is 1. The molecule has 0 spiro atoms. The zero-order valence-electron chi connectivity index (χ0n) is 17.7. The number of hydrogen-bond donors (Lipinski definition) is 1. The Bertz CT molecular complexity index is 829. The van der Waals surface area contributed by atoms with E-state index in [1.165, 1.54) is 11.8 Å². The SMILES string of the molecule is CCNC(=O)[C@@H](CC)N(Cc1cccc(OC)c1)C(=O)CSCc1ccc(Cl)cc1. The van der Waals surface area contributed by atoms with Gasteiger partial charge < -0.3 is 15.0 Å². The van der Waals surface area contributed by atoms with Crippen molar-refractivity contribution in [3.8, 4) is 5.75 Å². The third-order valence-electron chi connectivity index (χ3n) is 4.63. The van der Waals surface area contributed by atoms with Gasteiger partial charge in [0, 0.05) is 23.9 Å². The highest BCUT2D eigenvalue weighted by molar-refractivity contribution is 7.99. The molecular formula is C23H29ClN2O3S. The van der Waals surface area contributed by atoms with Crippen molar-refractivity contribution < 1.29 is 14.3 Å². The van der Waals surface area contributed by atoms with Crippen LogP contribution in [0.3, 0.4) is 0 Å². The molecule has 2 aromatic rings. The molecule has 0 aromatic heterocycles. The van der Waals surface area contributed by atoms with Crippen molar-refractivity contribution in [2.75, 3.05) is 19.4 Å². The molecule has 2 rings (SSSR count). The quantitative estimate of drug-likeness (QED) is 0.548. The number of benzene rings is 2. The topological polar surface area (TPSA) is 58.6 Å². The number of nitrogens with one attached hydrogen (secondary N) is 1. The van der Waals surface area contributed by atoms with Gasteiger partial charge in [-0.05, 0) is 48.7 Å². The number of amides is 2. The summed E-state index contributed by atoms with van der Waals surface area (Å²) >= 11 is 7.46. The number of rotatable bonds is 11. The maximum absolute atomic E-state index is 13.1. The number of likely N-dealkylation sites (N-methyl/N-ethyl adjacent to an activating group) is 1. The summed E-state index contributed by atoms with van der Waals surface area (Å²) in [4.78, 5) is 27.4. The number of carbonyl (C=O) groups is 2. The van der Waals surface area contributed by atoms with Crippen molar-refractivity contribution in [2.24, 2.45) is 0 Å². The van der Waals surface area contributed by atoms with Crippen LogP contribution in [0.2, 0.25) is 5.02 Å². The molecule has 0 bridgehead atoms. The van der Waals surface area contributed by atoms with Crippen LogP contribution in [0, 0.1) is 0 Å². The summed E-state index contributed by atoms with van der Waals surface area (Å²) in [5.41, 5.74) is 2.03. The maximum atomic E-state index is 13.1.